The van der Waals surface area contributed by atoms with Crippen molar-refractivity contribution in [2.24, 2.45) is 0 Å². The van der Waals surface area contributed by atoms with Gasteiger partial charge in [-0.25, -0.2) is 9.48 Å². The van der Waals surface area contributed by atoms with E-state index in [0.29, 0.717) is 35.9 Å². The highest BCUT2D eigenvalue weighted by molar-refractivity contribution is 5.88. The molecule has 1 aliphatic rings. The van der Waals surface area contributed by atoms with Crippen molar-refractivity contribution in [1.82, 2.24) is 15.0 Å². The molecule has 3 aromatic rings. The van der Waals surface area contributed by atoms with Gasteiger partial charge in [0.25, 0.3) is 0 Å². The highest BCUT2D eigenvalue weighted by Crippen LogP contribution is 2.35. The molecular formula is C16H13N3O5. The highest BCUT2D eigenvalue weighted by atomic mass is 16.7. The summed E-state index contributed by atoms with van der Waals surface area (Å²) in [6, 6.07) is 9.98. The lowest BCUT2D eigenvalue weighted by molar-refractivity contribution is 0.0696. The highest BCUT2D eigenvalue weighted by Gasteiger charge is 2.17. The van der Waals surface area contributed by atoms with Crippen molar-refractivity contribution >= 4 is 17.0 Å². The van der Waals surface area contributed by atoms with E-state index in [2.05, 4.69) is 10.3 Å². The fourth-order valence-electron chi connectivity index (χ4n) is 2.49. The first kappa shape index (κ1) is 14.3. The Morgan fingerprint density at radius 2 is 2.08 bits per heavy atom. The van der Waals surface area contributed by atoms with E-state index in [1.807, 2.05) is 6.07 Å². The van der Waals surface area contributed by atoms with Crippen LogP contribution < -0.4 is 14.2 Å². The average molecular weight is 327 g/mol. The number of aromatic nitrogens is 3. The summed E-state index contributed by atoms with van der Waals surface area (Å²) in [6.45, 7) is 1.00. The molecule has 4 rings (SSSR count). The third-order valence-electron chi connectivity index (χ3n) is 3.66. The minimum absolute atomic E-state index is 0.186. The van der Waals surface area contributed by atoms with Gasteiger partial charge in [-0.15, -0.1) is 5.10 Å². The molecule has 0 aliphatic carbocycles. The Balaban J connectivity index is 1.47. The van der Waals surface area contributed by atoms with Gasteiger partial charge >= 0.3 is 5.97 Å². The van der Waals surface area contributed by atoms with Crippen LogP contribution in [0.3, 0.4) is 0 Å². The number of nitrogens with zero attached hydrogens (tertiary/aromatic N) is 3. The van der Waals surface area contributed by atoms with Crippen molar-refractivity contribution in [2.45, 2.75) is 6.54 Å². The van der Waals surface area contributed by atoms with Crippen LogP contribution in [0.5, 0.6) is 17.2 Å². The number of aromatic carboxylic acids is 1. The molecule has 1 aromatic heterocycles. The predicted molar refractivity (Wildman–Crippen MR) is 82.5 cm³/mol. The normalized spacial score (nSPS) is 12.5. The smallest absolute Gasteiger partial charge is 0.335 e. The number of carboxylic acids is 1. The summed E-state index contributed by atoms with van der Waals surface area (Å²) in [5.74, 6) is 0.841. The molecule has 0 amide bonds. The number of carboxylic acid groups (broad SMARTS) is 1. The Hall–Kier alpha value is -3.29. The van der Waals surface area contributed by atoms with Gasteiger partial charge in [0, 0.05) is 12.1 Å². The second kappa shape index (κ2) is 5.73. The van der Waals surface area contributed by atoms with E-state index in [4.69, 9.17) is 19.3 Å². The standard InChI is InChI=1S/C16H13N3O5/c20-16(21)10-2-1-3-11(6-10)22-5-4-19-13-8-15-14(23-9-24-15)7-12(13)17-18-19/h1-3,6-8H,4-5,9H2,(H,20,21). The van der Waals surface area contributed by atoms with Gasteiger partial charge < -0.3 is 19.3 Å². The third kappa shape index (κ3) is 2.58. The second-order valence-corrected chi connectivity index (χ2v) is 5.19. The zero-order valence-electron chi connectivity index (χ0n) is 12.5. The summed E-state index contributed by atoms with van der Waals surface area (Å²) in [5.41, 5.74) is 1.72. The predicted octanol–water partition coefficient (Wildman–Crippen LogP) is 1.94. The first-order valence-corrected chi connectivity index (χ1v) is 7.30. The summed E-state index contributed by atoms with van der Waals surface area (Å²) in [6.07, 6.45) is 0. The molecule has 122 valence electrons. The van der Waals surface area contributed by atoms with Gasteiger partial charge in [-0.05, 0) is 18.2 Å². The summed E-state index contributed by atoms with van der Waals surface area (Å²) < 4.78 is 18.0. The maximum atomic E-state index is 11.0. The first-order chi connectivity index (χ1) is 11.7. The van der Waals surface area contributed by atoms with Gasteiger partial charge in [0.15, 0.2) is 11.5 Å². The van der Waals surface area contributed by atoms with Crippen molar-refractivity contribution in [3.8, 4) is 17.2 Å². The monoisotopic (exact) mass is 327 g/mol. The number of hydrogen-bond donors (Lipinski definition) is 1. The lowest BCUT2D eigenvalue weighted by atomic mass is 10.2. The van der Waals surface area contributed by atoms with E-state index in [1.165, 1.54) is 12.1 Å². The summed E-state index contributed by atoms with van der Waals surface area (Å²) in [4.78, 5) is 11.0. The Morgan fingerprint density at radius 3 is 2.92 bits per heavy atom. The van der Waals surface area contributed by atoms with E-state index in [9.17, 15) is 4.79 Å². The van der Waals surface area contributed by atoms with Crippen molar-refractivity contribution in [3.05, 3.63) is 42.0 Å². The molecule has 0 unspecified atom stereocenters. The summed E-state index contributed by atoms with van der Waals surface area (Å²) >= 11 is 0. The molecule has 0 atom stereocenters. The number of rotatable bonds is 5. The molecular weight excluding hydrogens is 314 g/mol. The van der Waals surface area contributed by atoms with Gasteiger partial charge in [-0.3, -0.25) is 0 Å². The lowest BCUT2D eigenvalue weighted by Crippen LogP contribution is -2.10. The Bertz CT molecular complexity index is 921. The van der Waals surface area contributed by atoms with Crippen molar-refractivity contribution < 1.29 is 24.1 Å². The van der Waals surface area contributed by atoms with Crippen LogP contribution in [0, 0.1) is 0 Å². The molecule has 24 heavy (non-hydrogen) atoms. The van der Waals surface area contributed by atoms with Crippen LogP contribution in [0.2, 0.25) is 0 Å². The number of hydrogen-bond acceptors (Lipinski definition) is 6. The number of fused-ring (bicyclic) bond motifs is 2. The quantitative estimate of drug-likeness (QED) is 0.765. The first-order valence-electron chi connectivity index (χ1n) is 7.30. The number of ether oxygens (including phenoxy) is 3. The number of carbonyl (C=O) groups is 1. The Labute approximate surface area is 136 Å². The average Bonchev–Trinajstić information content (AvgIpc) is 3.19. The van der Waals surface area contributed by atoms with Gasteiger partial charge in [-0.2, -0.15) is 0 Å². The van der Waals surface area contributed by atoms with E-state index in [-0.39, 0.29) is 12.4 Å². The van der Waals surface area contributed by atoms with Crippen LogP contribution in [0.1, 0.15) is 10.4 Å². The molecule has 0 radical (unpaired) electrons. The Kier molecular flexibility index (Phi) is 3.42. The largest absolute Gasteiger partial charge is 0.492 e. The SMILES string of the molecule is O=C(O)c1cccc(OCCn2nnc3cc4c(cc32)OCO4)c1. The molecule has 2 aromatic carbocycles. The van der Waals surface area contributed by atoms with Gasteiger partial charge in [0.05, 0.1) is 17.6 Å². The Morgan fingerprint density at radius 1 is 1.25 bits per heavy atom. The topological polar surface area (TPSA) is 95.7 Å². The fraction of sp³-hybridized carbons (Fsp3) is 0.188. The molecule has 8 heteroatoms. The van der Waals surface area contributed by atoms with Crippen LogP contribution in [-0.2, 0) is 6.54 Å². The molecule has 0 spiro atoms. The van der Waals surface area contributed by atoms with Crippen molar-refractivity contribution in [2.75, 3.05) is 13.4 Å². The molecule has 0 fully saturated rings. The van der Waals surface area contributed by atoms with Crippen molar-refractivity contribution in [1.29, 1.82) is 0 Å². The molecule has 2 heterocycles. The van der Waals surface area contributed by atoms with Crippen LogP contribution in [0.25, 0.3) is 11.0 Å². The molecule has 1 N–H and O–H groups in total. The third-order valence-corrected chi connectivity index (χ3v) is 3.66. The summed E-state index contributed by atoms with van der Waals surface area (Å²) in [5, 5.41) is 17.2. The van der Waals surface area contributed by atoms with E-state index < -0.39 is 5.97 Å². The maximum Gasteiger partial charge on any atom is 0.335 e. The van der Waals surface area contributed by atoms with Crippen LogP contribution in [0.15, 0.2) is 36.4 Å². The molecule has 1 aliphatic heterocycles. The molecule has 0 saturated heterocycles. The van der Waals surface area contributed by atoms with E-state index >= 15 is 0 Å². The molecule has 8 nitrogen and oxygen atoms in total. The maximum absolute atomic E-state index is 11.0. The van der Waals surface area contributed by atoms with Crippen molar-refractivity contribution in [3.63, 3.8) is 0 Å². The minimum Gasteiger partial charge on any atom is -0.492 e. The van der Waals surface area contributed by atoms with Crippen LogP contribution in [-0.4, -0.2) is 39.5 Å². The summed E-state index contributed by atoms with van der Waals surface area (Å²) in [7, 11) is 0. The van der Waals surface area contributed by atoms with Gasteiger partial charge in [0.2, 0.25) is 6.79 Å². The lowest BCUT2D eigenvalue weighted by Gasteiger charge is -2.07. The van der Waals surface area contributed by atoms with Crippen LogP contribution in [0.4, 0.5) is 0 Å². The second-order valence-electron chi connectivity index (χ2n) is 5.19. The zero-order valence-corrected chi connectivity index (χ0v) is 12.5. The minimum atomic E-state index is -0.987. The molecule has 0 saturated carbocycles. The van der Waals surface area contributed by atoms with Gasteiger partial charge in [-0.1, -0.05) is 11.3 Å². The zero-order chi connectivity index (χ0) is 16.5. The van der Waals surface area contributed by atoms with E-state index in [1.54, 1.807) is 22.9 Å². The number of benzene rings is 2. The van der Waals surface area contributed by atoms with E-state index in [0.717, 1.165) is 5.52 Å². The van der Waals surface area contributed by atoms with Gasteiger partial charge in [0.1, 0.15) is 17.9 Å². The molecule has 0 bridgehead atoms. The fourth-order valence-corrected chi connectivity index (χ4v) is 2.49. The van der Waals surface area contributed by atoms with Crippen LogP contribution >= 0.6 is 0 Å².